The zero-order chi connectivity index (χ0) is 14.2. The number of benzene rings is 2. The summed E-state index contributed by atoms with van der Waals surface area (Å²) in [6.07, 6.45) is -0.649. The van der Waals surface area contributed by atoms with Crippen molar-refractivity contribution >= 4 is 0 Å². The molecule has 0 aliphatic heterocycles. The highest BCUT2D eigenvalue weighted by molar-refractivity contribution is 5.18. The van der Waals surface area contributed by atoms with Crippen LogP contribution in [-0.2, 0) is 6.54 Å². The molecular formula is C17H21NO2. The lowest BCUT2D eigenvalue weighted by Crippen LogP contribution is -2.29. The van der Waals surface area contributed by atoms with Gasteiger partial charge in [-0.2, -0.15) is 0 Å². The van der Waals surface area contributed by atoms with E-state index in [9.17, 15) is 10.2 Å². The molecule has 2 aromatic carbocycles. The molecule has 0 spiro atoms. The zero-order valence-corrected chi connectivity index (χ0v) is 11.4. The molecule has 0 radical (unpaired) electrons. The fraction of sp³-hybridized carbons (Fsp3) is 0.294. The van der Waals surface area contributed by atoms with Crippen LogP contribution in [0.15, 0.2) is 60.7 Å². The van der Waals surface area contributed by atoms with E-state index in [4.69, 9.17) is 0 Å². The molecule has 0 heterocycles. The highest BCUT2D eigenvalue weighted by Gasteiger charge is 2.19. The van der Waals surface area contributed by atoms with Gasteiger partial charge in [-0.25, -0.2) is 0 Å². The number of hydrogen-bond acceptors (Lipinski definition) is 3. The monoisotopic (exact) mass is 271 g/mol. The van der Waals surface area contributed by atoms with Crippen molar-refractivity contribution in [3.8, 4) is 0 Å². The number of nitrogens with one attached hydrogen (secondary N) is 1. The van der Waals surface area contributed by atoms with E-state index >= 15 is 0 Å². The molecule has 0 bridgehead atoms. The molecule has 0 aliphatic rings. The summed E-state index contributed by atoms with van der Waals surface area (Å²) in [4.78, 5) is 0. The maximum Gasteiger partial charge on any atom is 0.0852 e. The van der Waals surface area contributed by atoms with Crippen LogP contribution in [0.4, 0.5) is 0 Å². The summed E-state index contributed by atoms with van der Waals surface area (Å²) in [5.41, 5.74) is 2.03. The number of aliphatic hydroxyl groups is 2. The van der Waals surface area contributed by atoms with Crippen molar-refractivity contribution < 1.29 is 10.2 Å². The van der Waals surface area contributed by atoms with Crippen molar-refractivity contribution in [1.29, 1.82) is 0 Å². The Morgan fingerprint density at radius 1 is 0.900 bits per heavy atom. The van der Waals surface area contributed by atoms with Crippen LogP contribution in [0.2, 0.25) is 0 Å². The summed E-state index contributed by atoms with van der Waals surface area (Å²) >= 11 is 0. The lowest BCUT2D eigenvalue weighted by atomic mass is 9.96. The van der Waals surface area contributed by atoms with Crippen molar-refractivity contribution in [1.82, 2.24) is 5.32 Å². The second-order valence-corrected chi connectivity index (χ2v) is 4.91. The molecule has 0 fully saturated rings. The molecule has 3 heteroatoms. The van der Waals surface area contributed by atoms with E-state index in [1.807, 2.05) is 48.5 Å². The van der Waals surface area contributed by atoms with Crippen LogP contribution < -0.4 is 5.32 Å². The molecule has 0 saturated carbocycles. The summed E-state index contributed by atoms with van der Waals surface area (Å²) in [6, 6.07) is 19.5. The van der Waals surface area contributed by atoms with Gasteiger partial charge in [0.1, 0.15) is 0 Å². The molecule has 3 nitrogen and oxygen atoms in total. The number of hydrogen-bond donors (Lipinski definition) is 3. The van der Waals surface area contributed by atoms with E-state index in [1.165, 1.54) is 5.56 Å². The predicted octanol–water partition coefficient (Wildman–Crippen LogP) is 2.12. The van der Waals surface area contributed by atoms with Crippen LogP contribution in [0, 0.1) is 5.92 Å². The van der Waals surface area contributed by atoms with E-state index in [2.05, 4.69) is 17.4 Å². The minimum absolute atomic E-state index is 0.0438. The van der Waals surface area contributed by atoms with Crippen LogP contribution in [-0.4, -0.2) is 23.4 Å². The van der Waals surface area contributed by atoms with E-state index in [0.717, 1.165) is 12.1 Å². The Kier molecular flexibility index (Phi) is 5.74. The van der Waals surface area contributed by atoms with Gasteiger partial charge in [0.15, 0.2) is 0 Å². The van der Waals surface area contributed by atoms with E-state index in [-0.39, 0.29) is 12.5 Å². The van der Waals surface area contributed by atoms with Crippen molar-refractivity contribution in [3.05, 3.63) is 71.8 Å². The van der Waals surface area contributed by atoms with Crippen LogP contribution >= 0.6 is 0 Å². The van der Waals surface area contributed by atoms with Gasteiger partial charge in [0.2, 0.25) is 0 Å². The standard InChI is InChI=1S/C17H21NO2/c19-13-16(17(20)15-9-5-2-6-10-15)12-18-11-14-7-3-1-4-8-14/h1-10,16-20H,11-13H2/t16-,17-/m1/s1. The fourth-order valence-electron chi connectivity index (χ4n) is 2.20. The molecule has 0 saturated heterocycles. The highest BCUT2D eigenvalue weighted by Crippen LogP contribution is 2.21. The summed E-state index contributed by atoms with van der Waals surface area (Å²) < 4.78 is 0. The third-order valence-electron chi connectivity index (χ3n) is 3.40. The Hall–Kier alpha value is -1.68. The first-order chi connectivity index (χ1) is 9.81. The molecule has 0 aromatic heterocycles. The molecule has 0 amide bonds. The Bertz CT molecular complexity index is 487. The third kappa shape index (κ3) is 4.17. The summed E-state index contributed by atoms with van der Waals surface area (Å²) in [7, 11) is 0. The van der Waals surface area contributed by atoms with Crippen molar-refractivity contribution in [2.45, 2.75) is 12.6 Å². The molecular weight excluding hydrogens is 250 g/mol. The molecule has 2 aromatic rings. The minimum Gasteiger partial charge on any atom is -0.396 e. The first-order valence-electron chi connectivity index (χ1n) is 6.89. The highest BCUT2D eigenvalue weighted by atomic mass is 16.3. The van der Waals surface area contributed by atoms with Gasteiger partial charge < -0.3 is 15.5 Å². The summed E-state index contributed by atoms with van der Waals surface area (Å²) in [5, 5.41) is 23.0. The minimum atomic E-state index is -0.649. The first kappa shape index (κ1) is 14.7. The third-order valence-corrected chi connectivity index (χ3v) is 3.40. The number of aliphatic hydroxyl groups excluding tert-OH is 2. The number of rotatable bonds is 7. The topological polar surface area (TPSA) is 52.5 Å². The smallest absolute Gasteiger partial charge is 0.0852 e. The lowest BCUT2D eigenvalue weighted by molar-refractivity contribution is 0.0663. The Morgan fingerprint density at radius 3 is 2.10 bits per heavy atom. The molecule has 0 unspecified atom stereocenters. The van der Waals surface area contributed by atoms with Crippen LogP contribution in [0.25, 0.3) is 0 Å². The first-order valence-corrected chi connectivity index (χ1v) is 6.89. The quantitative estimate of drug-likeness (QED) is 0.723. The van der Waals surface area contributed by atoms with Gasteiger partial charge in [-0.15, -0.1) is 0 Å². The maximum absolute atomic E-state index is 10.3. The van der Waals surface area contributed by atoms with Crippen LogP contribution in [0.1, 0.15) is 17.2 Å². The lowest BCUT2D eigenvalue weighted by Gasteiger charge is -2.21. The van der Waals surface area contributed by atoms with Crippen molar-refractivity contribution in [2.75, 3.05) is 13.2 Å². The van der Waals surface area contributed by atoms with Gasteiger partial charge in [-0.05, 0) is 11.1 Å². The second kappa shape index (κ2) is 7.80. The zero-order valence-electron chi connectivity index (χ0n) is 11.4. The van der Waals surface area contributed by atoms with Crippen LogP contribution in [0.3, 0.4) is 0 Å². The van der Waals surface area contributed by atoms with Gasteiger partial charge in [0, 0.05) is 25.6 Å². The second-order valence-electron chi connectivity index (χ2n) is 4.91. The van der Waals surface area contributed by atoms with E-state index in [1.54, 1.807) is 0 Å². The van der Waals surface area contributed by atoms with Crippen molar-refractivity contribution in [2.24, 2.45) is 5.92 Å². The van der Waals surface area contributed by atoms with Gasteiger partial charge in [0.25, 0.3) is 0 Å². The molecule has 0 aliphatic carbocycles. The van der Waals surface area contributed by atoms with E-state index in [0.29, 0.717) is 6.54 Å². The average molecular weight is 271 g/mol. The molecule has 106 valence electrons. The van der Waals surface area contributed by atoms with Gasteiger partial charge in [-0.1, -0.05) is 60.7 Å². The molecule has 2 atom stereocenters. The molecule has 3 N–H and O–H groups in total. The molecule has 2 rings (SSSR count). The summed E-state index contributed by atoms with van der Waals surface area (Å²) in [5.74, 6) is -0.207. The predicted molar refractivity (Wildman–Crippen MR) is 80.1 cm³/mol. The van der Waals surface area contributed by atoms with Gasteiger partial charge in [-0.3, -0.25) is 0 Å². The van der Waals surface area contributed by atoms with Crippen LogP contribution in [0.5, 0.6) is 0 Å². The summed E-state index contributed by atoms with van der Waals surface area (Å²) in [6.45, 7) is 1.26. The van der Waals surface area contributed by atoms with Gasteiger partial charge >= 0.3 is 0 Å². The maximum atomic E-state index is 10.3. The Morgan fingerprint density at radius 2 is 1.50 bits per heavy atom. The fourth-order valence-corrected chi connectivity index (χ4v) is 2.20. The average Bonchev–Trinajstić information content (AvgIpc) is 2.53. The normalized spacial score (nSPS) is 13.9. The van der Waals surface area contributed by atoms with Gasteiger partial charge in [0.05, 0.1) is 6.10 Å². The Balaban J connectivity index is 1.86. The largest absolute Gasteiger partial charge is 0.396 e. The van der Waals surface area contributed by atoms with Crippen molar-refractivity contribution in [3.63, 3.8) is 0 Å². The molecule has 20 heavy (non-hydrogen) atoms. The Labute approximate surface area is 119 Å². The SMILES string of the molecule is OC[C@@H](CNCc1ccccc1)[C@H](O)c1ccccc1. The van der Waals surface area contributed by atoms with E-state index < -0.39 is 6.10 Å².